The summed E-state index contributed by atoms with van der Waals surface area (Å²) in [6.45, 7) is 5.76. The molecule has 0 aromatic heterocycles. The second-order valence-corrected chi connectivity index (χ2v) is 7.25. The lowest BCUT2D eigenvalue weighted by Crippen LogP contribution is -2.28. The molecule has 14 heteroatoms. The van der Waals surface area contributed by atoms with Gasteiger partial charge in [0, 0.05) is 78.6 Å². The number of likely N-dealkylation sites (N-methyl/N-ethyl adjacent to an activating group) is 2. The van der Waals surface area contributed by atoms with Crippen LogP contribution in [0.2, 0.25) is 0 Å². The van der Waals surface area contributed by atoms with Gasteiger partial charge >= 0.3 is 11.9 Å². The maximum absolute atomic E-state index is 9.55. The highest BCUT2D eigenvalue weighted by Crippen LogP contribution is 2.20. The average molecular weight is 499 g/mol. The van der Waals surface area contributed by atoms with Crippen LogP contribution < -0.4 is 11.5 Å². The third-order valence-corrected chi connectivity index (χ3v) is 4.79. The molecular formula is C22H30N10O4. The van der Waals surface area contributed by atoms with Gasteiger partial charge in [0.15, 0.2) is 11.1 Å². The van der Waals surface area contributed by atoms with E-state index in [0.717, 1.165) is 26.2 Å². The van der Waals surface area contributed by atoms with E-state index in [0.29, 0.717) is 50.0 Å². The van der Waals surface area contributed by atoms with Gasteiger partial charge in [0.1, 0.15) is 35.9 Å². The van der Waals surface area contributed by atoms with Crippen LogP contribution in [0.25, 0.3) is 0 Å². The fraction of sp³-hybridized carbons (Fsp3) is 0.455. The van der Waals surface area contributed by atoms with Gasteiger partial charge in [-0.05, 0) is 0 Å². The van der Waals surface area contributed by atoms with Crippen molar-refractivity contribution in [2.24, 2.45) is 11.5 Å². The molecule has 2 heterocycles. The maximum Gasteiger partial charge on any atom is 0.328 e. The van der Waals surface area contributed by atoms with E-state index in [-0.39, 0.29) is 11.1 Å². The van der Waals surface area contributed by atoms with Crippen LogP contribution in [0.15, 0.2) is 34.9 Å². The number of nitrogens with two attached hydrogens (primary N) is 2. The Morgan fingerprint density at radius 1 is 0.750 bits per heavy atom. The van der Waals surface area contributed by atoms with Crippen LogP contribution in [-0.2, 0) is 9.59 Å². The number of nitrogens with zero attached hydrogens (tertiary/aromatic N) is 8. The number of rotatable bonds is 6. The monoisotopic (exact) mass is 498 g/mol. The summed E-state index contributed by atoms with van der Waals surface area (Å²) in [6, 6.07) is 7.63. The zero-order chi connectivity index (χ0) is 27.7. The van der Waals surface area contributed by atoms with Crippen LogP contribution in [-0.4, -0.2) is 108 Å². The highest BCUT2D eigenvalue weighted by atomic mass is 16.4. The Morgan fingerprint density at radius 2 is 1.06 bits per heavy atom. The first kappa shape index (κ1) is 31.2. The normalized spacial score (nSPS) is 14.0. The molecule has 14 nitrogen and oxygen atoms in total. The van der Waals surface area contributed by atoms with Crippen molar-refractivity contribution in [1.29, 1.82) is 21.0 Å². The first-order valence-electron chi connectivity index (χ1n) is 10.7. The molecule has 0 spiro atoms. The van der Waals surface area contributed by atoms with Crippen molar-refractivity contribution in [2.45, 2.75) is 0 Å². The smallest absolute Gasteiger partial charge is 0.328 e. The molecule has 0 aromatic carbocycles. The summed E-state index contributed by atoms with van der Waals surface area (Å²) >= 11 is 0. The minimum absolute atomic E-state index is 0.165. The molecule has 2 fully saturated rings. The van der Waals surface area contributed by atoms with Gasteiger partial charge in [-0.3, -0.25) is 0 Å². The quantitative estimate of drug-likeness (QED) is 0.244. The molecule has 6 N–H and O–H groups in total. The SMILES string of the molecule is CN1CCN(CCN)C1=C(C#N)C#N.CN1CCN(CCN)C1=C(C#N)C#N.O=C(O)/C=C/C(=O)O. The topological polar surface area (TPSA) is 235 Å². The molecule has 0 amide bonds. The Balaban J connectivity index is 0.000000533. The number of hydrogen-bond donors (Lipinski definition) is 4. The van der Waals surface area contributed by atoms with E-state index in [9.17, 15) is 9.59 Å². The van der Waals surface area contributed by atoms with E-state index >= 15 is 0 Å². The van der Waals surface area contributed by atoms with Crippen molar-refractivity contribution in [2.75, 3.05) is 66.5 Å². The Hall–Kier alpha value is -4.76. The van der Waals surface area contributed by atoms with E-state index in [1.54, 1.807) is 0 Å². The number of carbonyl (C=O) groups is 2. The molecule has 0 aliphatic carbocycles. The summed E-state index contributed by atoms with van der Waals surface area (Å²) in [5.74, 6) is -1.10. The fourth-order valence-corrected chi connectivity index (χ4v) is 3.29. The number of hydrogen-bond acceptors (Lipinski definition) is 12. The van der Waals surface area contributed by atoms with E-state index in [2.05, 4.69) is 0 Å². The standard InChI is InChI=1S/2C9H13N5.C4H4O4/c2*1-13-4-5-14(3-2-10)9(13)8(6-11)7-12;5-3(6)1-2-4(7)8/h2*2-5,10H2,1H3;1-2H,(H,5,6)(H,7,8)/b;;2-1+. The van der Waals surface area contributed by atoms with Gasteiger partial charge in [0.05, 0.1) is 0 Å². The third kappa shape index (κ3) is 10.0. The summed E-state index contributed by atoms with van der Waals surface area (Å²) in [4.78, 5) is 26.9. The summed E-state index contributed by atoms with van der Waals surface area (Å²) in [7, 11) is 3.75. The van der Waals surface area contributed by atoms with Crippen LogP contribution in [0.5, 0.6) is 0 Å². The predicted molar refractivity (Wildman–Crippen MR) is 127 cm³/mol. The molecule has 0 aromatic rings. The van der Waals surface area contributed by atoms with Gasteiger partial charge in [0.2, 0.25) is 0 Å². The van der Waals surface area contributed by atoms with Crippen molar-refractivity contribution in [3.05, 3.63) is 34.9 Å². The number of carboxylic acid groups (broad SMARTS) is 2. The predicted octanol–water partition coefficient (Wildman–Crippen LogP) is -1.39. The minimum atomic E-state index is -1.26. The number of allylic oxidation sites excluding steroid dienone is 2. The minimum Gasteiger partial charge on any atom is -0.478 e. The first-order valence-corrected chi connectivity index (χ1v) is 10.7. The van der Waals surface area contributed by atoms with Crippen molar-refractivity contribution in [1.82, 2.24) is 19.6 Å². The molecule has 0 radical (unpaired) electrons. The highest BCUT2D eigenvalue weighted by molar-refractivity contribution is 5.89. The van der Waals surface area contributed by atoms with E-state index in [1.807, 2.05) is 58.0 Å². The largest absolute Gasteiger partial charge is 0.478 e. The summed E-state index contributed by atoms with van der Waals surface area (Å²) < 4.78 is 0. The van der Waals surface area contributed by atoms with Crippen LogP contribution in [0.3, 0.4) is 0 Å². The van der Waals surface area contributed by atoms with Crippen LogP contribution >= 0.6 is 0 Å². The van der Waals surface area contributed by atoms with Gasteiger partial charge in [-0.2, -0.15) is 21.0 Å². The van der Waals surface area contributed by atoms with E-state index in [4.69, 9.17) is 42.7 Å². The van der Waals surface area contributed by atoms with Gasteiger partial charge < -0.3 is 41.3 Å². The molecule has 2 saturated heterocycles. The lowest BCUT2D eigenvalue weighted by atomic mass is 10.3. The van der Waals surface area contributed by atoms with Gasteiger partial charge in [-0.25, -0.2) is 9.59 Å². The van der Waals surface area contributed by atoms with Crippen LogP contribution in [0.4, 0.5) is 0 Å². The molecule has 2 rings (SSSR count). The van der Waals surface area contributed by atoms with Crippen LogP contribution in [0.1, 0.15) is 0 Å². The van der Waals surface area contributed by atoms with Crippen molar-refractivity contribution in [3.63, 3.8) is 0 Å². The molecule has 0 atom stereocenters. The van der Waals surface area contributed by atoms with Crippen molar-refractivity contribution < 1.29 is 19.8 Å². The summed E-state index contributed by atoms with van der Waals surface area (Å²) in [5, 5.41) is 50.7. The molecule has 192 valence electrons. The molecule has 36 heavy (non-hydrogen) atoms. The molecular weight excluding hydrogens is 468 g/mol. The first-order chi connectivity index (χ1) is 17.1. The lowest BCUT2D eigenvalue weighted by molar-refractivity contribution is -0.134. The third-order valence-electron chi connectivity index (χ3n) is 4.79. The second-order valence-electron chi connectivity index (χ2n) is 7.25. The zero-order valence-electron chi connectivity index (χ0n) is 20.3. The van der Waals surface area contributed by atoms with Crippen molar-refractivity contribution >= 4 is 11.9 Å². The van der Waals surface area contributed by atoms with E-state index in [1.165, 1.54) is 0 Å². The Labute approximate surface area is 210 Å². The maximum atomic E-state index is 9.55. The second kappa shape index (κ2) is 16.8. The average Bonchev–Trinajstić information content (AvgIpc) is 3.39. The Bertz CT molecular complexity index is 921. The molecule has 0 saturated carbocycles. The van der Waals surface area contributed by atoms with Gasteiger partial charge in [-0.1, -0.05) is 0 Å². The number of aliphatic carboxylic acids is 2. The molecule has 2 aliphatic rings. The van der Waals surface area contributed by atoms with Crippen LogP contribution in [0, 0.1) is 45.3 Å². The lowest BCUT2D eigenvalue weighted by Gasteiger charge is -2.21. The summed E-state index contributed by atoms with van der Waals surface area (Å²) in [5.41, 5.74) is 11.2. The molecule has 0 bridgehead atoms. The number of nitriles is 4. The molecule has 0 unspecified atom stereocenters. The summed E-state index contributed by atoms with van der Waals surface area (Å²) in [6.07, 6.45) is 1.12. The highest BCUT2D eigenvalue weighted by Gasteiger charge is 2.25. The Morgan fingerprint density at radius 3 is 1.28 bits per heavy atom. The van der Waals surface area contributed by atoms with E-state index < -0.39 is 11.9 Å². The van der Waals surface area contributed by atoms with Gasteiger partial charge in [0.25, 0.3) is 0 Å². The molecule has 2 aliphatic heterocycles. The number of carboxylic acids is 2. The van der Waals surface area contributed by atoms with Crippen molar-refractivity contribution in [3.8, 4) is 24.3 Å². The fourth-order valence-electron chi connectivity index (χ4n) is 3.29. The Kier molecular flexibility index (Phi) is 14.6. The zero-order valence-corrected chi connectivity index (χ0v) is 20.3. The van der Waals surface area contributed by atoms with Gasteiger partial charge in [-0.15, -0.1) is 0 Å².